The highest BCUT2D eigenvalue weighted by molar-refractivity contribution is 8.00. The van der Waals surface area contributed by atoms with Gasteiger partial charge in [-0.2, -0.15) is 0 Å². The summed E-state index contributed by atoms with van der Waals surface area (Å²) < 4.78 is 2.18. The van der Waals surface area contributed by atoms with Gasteiger partial charge in [0.25, 0.3) is 0 Å². The van der Waals surface area contributed by atoms with Crippen molar-refractivity contribution in [3.63, 3.8) is 0 Å². The Morgan fingerprint density at radius 2 is 1.74 bits per heavy atom. The molecule has 5 nitrogen and oxygen atoms in total. The third-order valence-electron chi connectivity index (χ3n) is 6.51. The van der Waals surface area contributed by atoms with Crippen molar-refractivity contribution >= 4 is 34.6 Å². The Balaban J connectivity index is 1.24. The van der Waals surface area contributed by atoms with E-state index in [1.165, 1.54) is 26.9 Å². The van der Waals surface area contributed by atoms with Crippen molar-refractivity contribution in [1.29, 1.82) is 0 Å². The number of nitrogens with zero attached hydrogens (tertiary/aromatic N) is 4. The van der Waals surface area contributed by atoms with Crippen LogP contribution in [0.4, 0.5) is 5.69 Å². The van der Waals surface area contributed by atoms with E-state index >= 15 is 0 Å². The van der Waals surface area contributed by atoms with E-state index in [2.05, 4.69) is 81.2 Å². The number of carbonyl (C=O) groups excluding carboxylic acids is 1. The Hall–Kier alpha value is -3.25. The molecule has 5 rings (SSSR count). The summed E-state index contributed by atoms with van der Waals surface area (Å²) in [6.07, 6.45) is 8.91. The fourth-order valence-electron chi connectivity index (χ4n) is 4.55. The number of aryl methyl sites for hydroxylation is 1. The average Bonchev–Trinajstić information content (AvgIpc) is 3.41. The number of benzene rings is 3. The zero-order chi connectivity index (χ0) is 23.2. The number of thioether (sulfide) groups is 1. The highest BCUT2D eigenvalue weighted by Gasteiger charge is 2.17. The molecule has 1 aliphatic rings. The van der Waals surface area contributed by atoms with Gasteiger partial charge in [-0.05, 0) is 53.4 Å². The van der Waals surface area contributed by atoms with E-state index < -0.39 is 0 Å². The lowest BCUT2D eigenvalue weighted by atomic mass is 10.0. The van der Waals surface area contributed by atoms with Crippen molar-refractivity contribution in [2.24, 2.45) is 0 Å². The Labute approximate surface area is 205 Å². The summed E-state index contributed by atoms with van der Waals surface area (Å²) in [5, 5.41) is 3.05. The zero-order valence-electron chi connectivity index (χ0n) is 19.3. The SMILES string of the molecule is O=CN1CCN(c2ccc(SC(CCc3ccc4ccccc4c3)Cn3ccnc3)cc2)CC1. The second-order valence-electron chi connectivity index (χ2n) is 8.84. The molecule has 1 amide bonds. The molecule has 1 aromatic heterocycles. The van der Waals surface area contributed by atoms with Crippen LogP contribution in [0.15, 0.2) is 90.3 Å². The Kier molecular flexibility index (Phi) is 7.15. The molecule has 1 aliphatic heterocycles. The average molecular weight is 471 g/mol. The van der Waals surface area contributed by atoms with Crippen molar-refractivity contribution in [3.05, 3.63) is 91.0 Å². The fraction of sp³-hybridized carbons (Fsp3) is 0.286. The number of amides is 1. The molecule has 0 bridgehead atoms. The fourth-order valence-corrected chi connectivity index (χ4v) is 5.71. The Morgan fingerprint density at radius 1 is 0.941 bits per heavy atom. The number of carbonyl (C=O) groups is 1. The van der Waals surface area contributed by atoms with Gasteiger partial charge < -0.3 is 14.4 Å². The van der Waals surface area contributed by atoms with Crippen molar-refractivity contribution in [2.45, 2.75) is 29.5 Å². The summed E-state index contributed by atoms with van der Waals surface area (Å²) >= 11 is 1.95. The van der Waals surface area contributed by atoms with Crippen LogP contribution in [0.3, 0.4) is 0 Å². The molecule has 1 atom stereocenters. The summed E-state index contributed by atoms with van der Waals surface area (Å²) in [4.78, 5) is 20.7. The first kappa shape index (κ1) is 22.5. The van der Waals surface area contributed by atoms with Gasteiger partial charge in [-0.15, -0.1) is 11.8 Å². The van der Waals surface area contributed by atoms with E-state index in [0.29, 0.717) is 5.25 Å². The van der Waals surface area contributed by atoms with Crippen LogP contribution in [0.1, 0.15) is 12.0 Å². The molecule has 1 fully saturated rings. The first-order chi connectivity index (χ1) is 16.8. The highest BCUT2D eigenvalue weighted by atomic mass is 32.2. The topological polar surface area (TPSA) is 41.4 Å². The van der Waals surface area contributed by atoms with Crippen LogP contribution in [-0.2, 0) is 17.8 Å². The van der Waals surface area contributed by atoms with E-state index in [1.807, 2.05) is 35.4 Å². The predicted molar refractivity (Wildman–Crippen MR) is 140 cm³/mol. The summed E-state index contributed by atoms with van der Waals surface area (Å²) in [6.45, 7) is 4.30. The highest BCUT2D eigenvalue weighted by Crippen LogP contribution is 2.30. The van der Waals surface area contributed by atoms with Gasteiger partial charge in [0.1, 0.15) is 0 Å². The predicted octanol–water partition coefficient (Wildman–Crippen LogP) is 5.11. The minimum absolute atomic E-state index is 0.447. The number of rotatable bonds is 9. The summed E-state index contributed by atoms with van der Waals surface area (Å²) in [5.41, 5.74) is 2.62. The molecule has 0 aliphatic carbocycles. The van der Waals surface area contributed by atoms with Crippen molar-refractivity contribution in [3.8, 4) is 0 Å². The van der Waals surface area contributed by atoms with Crippen LogP contribution >= 0.6 is 11.8 Å². The quantitative estimate of drug-likeness (QED) is 0.252. The Bertz CT molecular complexity index is 1200. The summed E-state index contributed by atoms with van der Waals surface area (Å²) in [5.74, 6) is 0. The third-order valence-corrected chi connectivity index (χ3v) is 7.77. The minimum Gasteiger partial charge on any atom is -0.368 e. The van der Waals surface area contributed by atoms with Gasteiger partial charge in [-0.1, -0.05) is 42.5 Å². The summed E-state index contributed by atoms with van der Waals surface area (Å²) in [7, 11) is 0. The number of hydrogen-bond donors (Lipinski definition) is 0. The van der Waals surface area contributed by atoms with E-state index in [-0.39, 0.29) is 0 Å². The van der Waals surface area contributed by atoms with Gasteiger partial charge in [-0.25, -0.2) is 4.98 Å². The molecule has 2 heterocycles. The molecule has 0 N–H and O–H groups in total. The number of anilines is 1. The standard InChI is InChI=1S/C28H30N4OS/c33-22-30-15-17-32(18-16-30)26-8-11-27(12-9-26)34-28(20-31-14-13-29-21-31)10-6-23-5-7-24-3-1-2-4-25(24)19-23/h1-5,7-9,11-14,19,21-22,28H,6,10,15-18,20H2. The molecule has 0 radical (unpaired) electrons. The molecule has 4 aromatic rings. The molecular weight excluding hydrogens is 440 g/mol. The van der Waals surface area contributed by atoms with E-state index in [1.54, 1.807) is 0 Å². The number of piperazine rings is 1. The summed E-state index contributed by atoms with van der Waals surface area (Å²) in [6, 6.07) is 24.3. The van der Waals surface area contributed by atoms with Crippen LogP contribution in [0, 0.1) is 0 Å². The number of imidazole rings is 1. The normalized spacial score (nSPS) is 14.9. The van der Waals surface area contributed by atoms with E-state index in [9.17, 15) is 4.79 Å². The van der Waals surface area contributed by atoms with Gasteiger partial charge in [0.15, 0.2) is 0 Å². The second-order valence-corrected chi connectivity index (χ2v) is 10.2. The molecule has 0 spiro atoms. The van der Waals surface area contributed by atoms with Crippen LogP contribution in [0.25, 0.3) is 10.8 Å². The van der Waals surface area contributed by atoms with Gasteiger partial charge in [0.2, 0.25) is 6.41 Å². The van der Waals surface area contributed by atoms with Crippen LogP contribution < -0.4 is 4.90 Å². The van der Waals surface area contributed by atoms with Gasteiger partial charge in [0.05, 0.1) is 6.33 Å². The largest absolute Gasteiger partial charge is 0.368 e. The van der Waals surface area contributed by atoms with Crippen molar-refractivity contribution in [2.75, 3.05) is 31.1 Å². The molecule has 6 heteroatoms. The van der Waals surface area contributed by atoms with Gasteiger partial charge in [-0.3, -0.25) is 4.79 Å². The maximum atomic E-state index is 11.0. The number of fused-ring (bicyclic) bond motifs is 1. The molecule has 174 valence electrons. The van der Waals surface area contributed by atoms with Crippen molar-refractivity contribution in [1.82, 2.24) is 14.5 Å². The number of aromatic nitrogens is 2. The van der Waals surface area contributed by atoms with Gasteiger partial charge >= 0.3 is 0 Å². The molecule has 1 unspecified atom stereocenters. The smallest absolute Gasteiger partial charge is 0.209 e. The third kappa shape index (κ3) is 5.62. The minimum atomic E-state index is 0.447. The maximum Gasteiger partial charge on any atom is 0.209 e. The molecule has 34 heavy (non-hydrogen) atoms. The zero-order valence-corrected chi connectivity index (χ0v) is 20.1. The van der Waals surface area contributed by atoms with E-state index in [4.69, 9.17) is 0 Å². The van der Waals surface area contributed by atoms with Gasteiger partial charge in [0, 0.05) is 61.0 Å². The molecule has 3 aromatic carbocycles. The second kappa shape index (κ2) is 10.8. The molecule has 1 saturated heterocycles. The Morgan fingerprint density at radius 3 is 2.47 bits per heavy atom. The lowest BCUT2D eigenvalue weighted by molar-refractivity contribution is -0.118. The monoisotopic (exact) mass is 470 g/mol. The van der Waals surface area contributed by atoms with Crippen LogP contribution in [0.2, 0.25) is 0 Å². The van der Waals surface area contributed by atoms with E-state index in [0.717, 1.165) is 52.0 Å². The first-order valence-corrected chi connectivity index (χ1v) is 12.8. The molecule has 0 saturated carbocycles. The van der Waals surface area contributed by atoms with Crippen LogP contribution in [0.5, 0.6) is 0 Å². The first-order valence-electron chi connectivity index (χ1n) is 11.9. The number of hydrogen-bond acceptors (Lipinski definition) is 4. The lowest BCUT2D eigenvalue weighted by Crippen LogP contribution is -2.45. The molecular formula is C28H30N4OS. The lowest BCUT2D eigenvalue weighted by Gasteiger charge is -2.34. The van der Waals surface area contributed by atoms with Crippen molar-refractivity contribution < 1.29 is 4.79 Å². The van der Waals surface area contributed by atoms with Crippen LogP contribution in [-0.4, -0.2) is 52.3 Å². The maximum absolute atomic E-state index is 11.0.